The minimum Gasteiger partial charge on any atom is -0.445 e. The molecule has 1 fully saturated rings. The van der Waals surface area contributed by atoms with E-state index in [1.165, 1.54) is 0 Å². The molecule has 1 atom stereocenters. The van der Waals surface area contributed by atoms with E-state index in [-0.39, 0.29) is 12.7 Å². The van der Waals surface area contributed by atoms with Gasteiger partial charge in [0.15, 0.2) is 0 Å². The number of piperidine rings is 1. The predicted molar refractivity (Wildman–Crippen MR) is 89.0 cm³/mol. The Balaban J connectivity index is 1.68. The van der Waals surface area contributed by atoms with Crippen LogP contribution in [0.1, 0.15) is 24.1 Å². The van der Waals surface area contributed by atoms with Gasteiger partial charge in [0.1, 0.15) is 12.0 Å². The second-order valence-electron chi connectivity index (χ2n) is 5.97. The Morgan fingerprint density at radius 2 is 2.04 bits per heavy atom. The first-order valence-corrected chi connectivity index (χ1v) is 8.02. The first-order chi connectivity index (χ1) is 11.7. The minimum atomic E-state index is -0.759. The third kappa shape index (κ3) is 3.38. The highest BCUT2D eigenvalue weighted by atomic mass is 16.6. The van der Waals surface area contributed by atoms with Gasteiger partial charge in [-0.2, -0.15) is 5.26 Å². The number of aromatic nitrogens is 1. The van der Waals surface area contributed by atoms with Gasteiger partial charge in [-0.1, -0.05) is 36.4 Å². The van der Waals surface area contributed by atoms with Crippen molar-refractivity contribution in [2.45, 2.75) is 24.9 Å². The summed E-state index contributed by atoms with van der Waals surface area (Å²) in [5.74, 6) is 0. The van der Waals surface area contributed by atoms with Gasteiger partial charge < -0.3 is 9.64 Å². The van der Waals surface area contributed by atoms with Crippen molar-refractivity contribution in [1.82, 2.24) is 9.88 Å². The van der Waals surface area contributed by atoms with Crippen LogP contribution in [0.4, 0.5) is 4.79 Å². The van der Waals surface area contributed by atoms with Crippen molar-refractivity contribution in [2.75, 3.05) is 13.1 Å². The first-order valence-electron chi connectivity index (χ1n) is 8.02. The zero-order valence-corrected chi connectivity index (χ0v) is 13.4. The lowest BCUT2D eigenvalue weighted by Crippen LogP contribution is -2.48. The molecule has 0 spiro atoms. The van der Waals surface area contributed by atoms with Crippen LogP contribution in [0, 0.1) is 11.3 Å². The second kappa shape index (κ2) is 7.14. The smallest absolute Gasteiger partial charge is 0.410 e. The molecule has 24 heavy (non-hydrogen) atoms. The van der Waals surface area contributed by atoms with Gasteiger partial charge >= 0.3 is 6.09 Å². The van der Waals surface area contributed by atoms with E-state index in [1.807, 2.05) is 48.5 Å². The van der Waals surface area contributed by atoms with Crippen LogP contribution in [-0.2, 0) is 16.8 Å². The van der Waals surface area contributed by atoms with Gasteiger partial charge in [-0.25, -0.2) is 4.79 Å². The molecule has 0 radical (unpaired) electrons. The van der Waals surface area contributed by atoms with Crippen molar-refractivity contribution in [3.05, 3.63) is 66.0 Å². The fourth-order valence-corrected chi connectivity index (χ4v) is 3.03. The Morgan fingerprint density at radius 3 is 2.75 bits per heavy atom. The van der Waals surface area contributed by atoms with E-state index in [9.17, 15) is 10.1 Å². The zero-order chi connectivity index (χ0) is 16.8. The highest BCUT2D eigenvalue weighted by Crippen LogP contribution is 2.32. The number of amides is 1. The Morgan fingerprint density at radius 1 is 1.25 bits per heavy atom. The third-order valence-electron chi connectivity index (χ3n) is 4.32. The summed E-state index contributed by atoms with van der Waals surface area (Å²) in [7, 11) is 0. The van der Waals surface area contributed by atoms with Crippen LogP contribution in [0.3, 0.4) is 0 Å². The number of carbonyl (C=O) groups is 1. The normalized spacial score (nSPS) is 20.2. The number of hydrogen-bond acceptors (Lipinski definition) is 4. The van der Waals surface area contributed by atoms with Crippen molar-refractivity contribution >= 4 is 6.09 Å². The molecule has 0 N–H and O–H groups in total. The van der Waals surface area contributed by atoms with E-state index in [0.717, 1.165) is 12.0 Å². The number of pyridine rings is 1. The average molecular weight is 321 g/mol. The standard InChI is InChI=1S/C19H19N3O2/c20-14-19(17-9-4-5-11-21-17)10-6-12-22(15-19)18(23)24-13-16-7-2-1-3-8-16/h1-5,7-9,11H,6,10,12-13,15H2. The molecule has 0 aliphatic carbocycles. The molecular formula is C19H19N3O2. The minimum absolute atomic E-state index is 0.235. The molecule has 0 bridgehead atoms. The van der Waals surface area contributed by atoms with Crippen molar-refractivity contribution in [1.29, 1.82) is 5.26 Å². The van der Waals surface area contributed by atoms with Gasteiger partial charge in [-0.05, 0) is 30.5 Å². The largest absolute Gasteiger partial charge is 0.445 e. The van der Waals surface area contributed by atoms with Gasteiger partial charge in [-0.3, -0.25) is 4.98 Å². The number of likely N-dealkylation sites (tertiary alicyclic amines) is 1. The van der Waals surface area contributed by atoms with Crippen LogP contribution < -0.4 is 0 Å². The maximum atomic E-state index is 12.4. The van der Waals surface area contributed by atoms with E-state index >= 15 is 0 Å². The molecule has 3 rings (SSSR count). The molecule has 5 heteroatoms. The molecular weight excluding hydrogens is 302 g/mol. The number of rotatable bonds is 3. The van der Waals surface area contributed by atoms with Crippen LogP contribution >= 0.6 is 0 Å². The molecule has 1 saturated heterocycles. The lowest BCUT2D eigenvalue weighted by Gasteiger charge is -2.37. The van der Waals surface area contributed by atoms with E-state index in [0.29, 0.717) is 25.2 Å². The third-order valence-corrected chi connectivity index (χ3v) is 4.32. The van der Waals surface area contributed by atoms with Gasteiger partial charge in [0.25, 0.3) is 0 Å². The SMILES string of the molecule is N#CC1(c2ccccn2)CCCN(C(=O)OCc2ccccc2)C1. The van der Waals surface area contributed by atoms with Crippen molar-refractivity contribution in [3.63, 3.8) is 0 Å². The summed E-state index contributed by atoms with van der Waals surface area (Å²) in [6.45, 7) is 1.15. The average Bonchev–Trinajstić information content (AvgIpc) is 2.67. The second-order valence-corrected chi connectivity index (χ2v) is 5.97. The van der Waals surface area contributed by atoms with Gasteiger partial charge in [0.05, 0.1) is 11.8 Å². The van der Waals surface area contributed by atoms with E-state index in [1.54, 1.807) is 11.1 Å². The van der Waals surface area contributed by atoms with Crippen LogP contribution in [-0.4, -0.2) is 29.1 Å². The van der Waals surface area contributed by atoms with Crippen molar-refractivity contribution in [2.24, 2.45) is 0 Å². The Hall–Kier alpha value is -2.87. The summed E-state index contributed by atoms with van der Waals surface area (Å²) in [6, 6.07) is 17.5. The van der Waals surface area contributed by atoms with Crippen LogP contribution in [0.2, 0.25) is 0 Å². The lowest BCUT2D eigenvalue weighted by atomic mass is 9.78. The van der Waals surface area contributed by atoms with E-state index < -0.39 is 5.41 Å². The van der Waals surface area contributed by atoms with Gasteiger partial charge in [0, 0.05) is 19.3 Å². The molecule has 0 saturated carbocycles. The molecule has 1 aromatic carbocycles. The highest BCUT2D eigenvalue weighted by Gasteiger charge is 2.40. The van der Waals surface area contributed by atoms with Gasteiger partial charge in [-0.15, -0.1) is 0 Å². The number of hydrogen-bond donors (Lipinski definition) is 0. The molecule has 1 aromatic heterocycles. The Labute approximate surface area is 141 Å². The topological polar surface area (TPSA) is 66.2 Å². The number of benzene rings is 1. The fraction of sp³-hybridized carbons (Fsp3) is 0.316. The molecule has 2 aromatic rings. The summed E-state index contributed by atoms with van der Waals surface area (Å²) < 4.78 is 5.40. The summed E-state index contributed by atoms with van der Waals surface area (Å²) in [5.41, 5.74) is 0.901. The van der Waals surface area contributed by atoms with Gasteiger partial charge in [0.2, 0.25) is 0 Å². The highest BCUT2D eigenvalue weighted by molar-refractivity contribution is 5.68. The molecule has 1 aliphatic heterocycles. The molecule has 5 nitrogen and oxygen atoms in total. The number of ether oxygens (including phenoxy) is 1. The zero-order valence-electron chi connectivity index (χ0n) is 13.4. The summed E-state index contributed by atoms with van der Waals surface area (Å²) in [4.78, 5) is 18.3. The summed E-state index contributed by atoms with van der Waals surface area (Å²) in [5, 5.41) is 9.73. The summed E-state index contributed by atoms with van der Waals surface area (Å²) in [6.07, 6.45) is 2.75. The summed E-state index contributed by atoms with van der Waals surface area (Å²) >= 11 is 0. The number of carbonyl (C=O) groups excluding carboxylic acids is 1. The maximum Gasteiger partial charge on any atom is 0.410 e. The fourth-order valence-electron chi connectivity index (χ4n) is 3.03. The monoisotopic (exact) mass is 321 g/mol. The van der Waals surface area contributed by atoms with Crippen molar-refractivity contribution in [3.8, 4) is 6.07 Å². The van der Waals surface area contributed by atoms with Crippen molar-refractivity contribution < 1.29 is 9.53 Å². The molecule has 122 valence electrons. The molecule has 1 amide bonds. The van der Waals surface area contributed by atoms with Crippen LogP contribution in [0.15, 0.2) is 54.7 Å². The Kier molecular flexibility index (Phi) is 4.76. The maximum absolute atomic E-state index is 12.4. The first kappa shape index (κ1) is 16.0. The molecule has 1 unspecified atom stereocenters. The lowest BCUT2D eigenvalue weighted by molar-refractivity contribution is 0.0790. The predicted octanol–water partition coefficient (Wildman–Crippen LogP) is 3.28. The molecule has 2 heterocycles. The number of nitriles is 1. The van der Waals surface area contributed by atoms with E-state index in [2.05, 4.69) is 11.1 Å². The number of nitrogens with zero attached hydrogens (tertiary/aromatic N) is 3. The van der Waals surface area contributed by atoms with Crippen LogP contribution in [0.25, 0.3) is 0 Å². The quantitative estimate of drug-likeness (QED) is 0.870. The molecule has 1 aliphatic rings. The van der Waals surface area contributed by atoms with Crippen LogP contribution in [0.5, 0.6) is 0 Å². The van der Waals surface area contributed by atoms with E-state index in [4.69, 9.17) is 4.74 Å². The Bertz CT molecular complexity index is 727.